The lowest BCUT2D eigenvalue weighted by molar-refractivity contribution is -0.128. The second-order valence-electron chi connectivity index (χ2n) is 6.43. The first-order valence-electron chi connectivity index (χ1n) is 8.04. The molecule has 1 aromatic rings. The van der Waals surface area contributed by atoms with Crippen LogP contribution in [0.3, 0.4) is 0 Å². The van der Waals surface area contributed by atoms with Gasteiger partial charge in [0.2, 0.25) is 5.91 Å². The molecule has 1 amide bonds. The summed E-state index contributed by atoms with van der Waals surface area (Å²) in [7, 11) is 0. The number of carbonyl (C=O) groups is 1. The molecule has 1 saturated carbocycles. The van der Waals surface area contributed by atoms with Crippen molar-refractivity contribution < 1.29 is 4.79 Å². The highest BCUT2D eigenvalue weighted by Crippen LogP contribution is 2.28. The number of nitrogens with one attached hydrogen (secondary N) is 1. The number of hydrogen-bond acceptors (Lipinski definition) is 4. The van der Waals surface area contributed by atoms with E-state index in [1.165, 1.54) is 6.42 Å². The lowest BCUT2D eigenvalue weighted by atomic mass is 9.82. The quantitative estimate of drug-likeness (QED) is 0.825. The third-order valence-electron chi connectivity index (χ3n) is 4.76. The maximum Gasteiger partial charge on any atom is 0.240 e. The molecule has 24 heavy (non-hydrogen) atoms. The fraction of sp³-hybridized carbons (Fsp3) is 0.625. The fourth-order valence-electron chi connectivity index (χ4n) is 3.42. The highest BCUT2D eigenvalue weighted by Gasteiger charge is 2.37. The number of rotatable bonds is 3. The van der Waals surface area contributed by atoms with Gasteiger partial charge < -0.3 is 16.0 Å². The number of halogens is 3. The topological polar surface area (TPSA) is 71.2 Å². The Morgan fingerprint density at radius 2 is 2.04 bits per heavy atom. The van der Waals surface area contributed by atoms with Crippen LogP contribution in [0.2, 0.25) is 5.02 Å². The van der Waals surface area contributed by atoms with Crippen molar-refractivity contribution in [1.29, 1.82) is 0 Å². The number of aromatic nitrogens is 1. The zero-order valence-electron chi connectivity index (χ0n) is 13.5. The lowest BCUT2D eigenvalue weighted by Gasteiger charge is -2.33. The normalized spacial score (nSPS) is 22.2. The van der Waals surface area contributed by atoms with Crippen molar-refractivity contribution in [3.8, 4) is 0 Å². The van der Waals surface area contributed by atoms with Gasteiger partial charge in [-0.25, -0.2) is 4.98 Å². The van der Waals surface area contributed by atoms with Gasteiger partial charge in [-0.05, 0) is 31.4 Å². The molecular formula is C16H25Cl3N4O. The van der Waals surface area contributed by atoms with E-state index in [0.717, 1.165) is 51.0 Å². The first-order valence-corrected chi connectivity index (χ1v) is 8.42. The molecule has 1 saturated heterocycles. The molecule has 5 nitrogen and oxygen atoms in total. The van der Waals surface area contributed by atoms with E-state index >= 15 is 0 Å². The van der Waals surface area contributed by atoms with Crippen LogP contribution in [0, 0.1) is 0 Å². The van der Waals surface area contributed by atoms with E-state index in [1.54, 1.807) is 6.20 Å². The van der Waals surface area contributed by atoms with Crippen LogP contribution in [-0.4, -0.2) is 35.6 Å². The molecule has 1 unspecified atom stereocenters. The minimum atomic E-state index is -0.672. The van der Waals surface area contributed by atoms with E-state index in [0.29, 0.717) is 5.02 Å². The summed E-state index contributed by atoms with van der Waals surface area (Å²) in [6.45, 7) is 1.58. The van der Waals surface area contributed by atoms with Crippen molar-refractivity contribution in [2.24, 2.45) is 5.73 Å². The molecular weight excluding hydrogens is 371 g/mol. The lowest BCUT2D eigenvalue weighted by Crippen LogP contribution is -2.57. The van der Waals surface area contributed by atoms with Crippen molar-refractivity contribution >= 4 is 48.1 Å². The Balaban J connectivity index is 0.00000144. The molecule has 1 aliphatic heterocycles. The fourth-order valence-corrected chi connectivity index (χ4v) is 3.66. The molecule has 2 heterocycles. The van der Waals surface area contributed by atoms with Crippen molar-refractivity contribution in [2.45, 2.75) is 50.1 Å². The van der Waals surface area contributed by atoms with Crippen molar-refractivity contribution in [1.82, 2.24) is 10.3 Å². The SMILES string of the molecule is Cl.Cl.NC1(C(=O)NC2CCN(c3ncccc3Cl)C2)CCCCC1. The summed E-state index contributed by atoms with van der Waals surface area (Å²) in [6, 6.07) is 3.78. The van der Waals surface area contributed by atoms with Gasteiger partial charge in [0.1, 0.15) is 5.82 Å². The second kappa shape index (κ2) is 9.09. The van der Waals surface area contributed by atoms with E-state index in [1.807, 2.05) is 12.1 Å². The molecule has 0 radical (unpaired) electrons. The van der Waals surface area contributed by atoms with Crippen LogP contribution in [0.4, 0.5) is 5.82 Å². The molecule has 0 spiro atoms. The van der Waals surface area contributed by atoms with Gasteiger partial charge in [-0.15, -0.1) is 24.8 Å². The Hall–Kier alpha value is -0.750. The minimum absolute atomic E-state index is 0. The summed E-state index contributed by atoms with van der Waals surface area (Å²) in [5, 5.41) is 3.78. The van der Waals surface area contributed by atoms with Crippen LogP contribution in [-0.2, 0) is 4.79 Å². The smallest absolute Gasteiger partial charge is 0.240 e. The van der Waals surface area contributed by atoms with E-state index in [9.17, 15) is 4.79 Å². The Morgan fingerprint density at radius 1 is 1.33 bits per heavy atom. The predicted molar refractivity (Wildman–Crippen MR) is 103 cm³/mol. The van der Waals surface area contributed by atoms with Gasteiger partial charge in [0.25, 0.3) is 0 Å². The number of pyridine rings is 1. The predicted octanol–water partition coefficient (Wildman–Crippen LogP) is 2.94. The summed E-state index contributed by atoms with van der Waals surface area (Å²) >= 11 is 6.19. The van der Waals surface area contributed by atoms with Gasteiger partial charge in [-0.1, -0.05) is 30.9 Å². The Kier molecular flexibility index (Phi) is 8.06. The largest absolute Gasteiger partial charge is 0.353 e. The van der Waals surface area contributed by atoms with Crippen molar-refractivity contribution in [2.75, 3.05) is 18.0 Å². The zero-order valence-corrected chi connectivity index (χ0v) is 15.9. The molecule has 3 N–H and O–H groups in total. The van der Waals surface area contributed by atoms with Crippen molar-refractivity contribution in [3.63, 3.8) is 0 Å². The number of carbonyl (C=O) groups excluding carboxylic acids is 1. The molecule has 1 aliphatic carbocycles. The van der Waals surface area contributed by atoms with Crippen LogP contribution in [0.15, 0.2) is 18.3 Å². The molecule has 8 heteroatoms. The van der Waals surface area contributed by atoms with Gasteiger partial charge in [0, 0.05) is 25.3 Å². The summed E-state index contributed by atoms with van der Waals surface area (Å²) in [4.78, 5) is 18.9. The minimum Gasteiger partial charge on any atom is -0.353 e. The molecule has 1 aromatic heterocycles. The Morgan fingerprint density at radius 3 is 2.71 bits per heavy atom. The molecule has 2 fully saturated rings. The van der Waals surface area contributed by atoms with Crippen LogP contribution in [0.1, 0.15) is 38.5 Å². The van der Waals surface area contributed by atoms with Gasteiger partial charge in [-0.2, -0.15) is 0 Å². The standard InChI is InChI=1S/C16H23ClN4O.2ClH/c17-13-5-4-9-19-14(13)21-10-6-12(11-21)20-15(22)16(18)7-2-1-3-8-16;;/h4-5,9,12H,1-3,6-8,10-11,18H2,(H,20,22);2*1H. The monoisotopic (exact) mass is 394 g/mol. The van der Waals surface area contributed by atoms with Crippen LogP contribution in [0.25, 0.3) is 0 Å². The molecule has 136 valence electrons. The Bertz CT molecular complexity index is 552. The highest BCUT2D eigenvalue weighted by atomic mass is 35.5. The number of amides is 1. The molecule has 0 aromatic carbocycles. The Labute approximate surface area is 160 Å². The highest BCUT2D eigenvalue weighted by molar-refractivity contribution is 6.32. The van der Waals surface area contributed by atoms with E-state index in [4.69, 9.17) is 17.3 Å². The second-order valence-corrected chi connectivity index (χ2v) is 6.84. The van der Waals surface area contributed by atoms with Gasteiger partial charge in [0.05, 0.1) is 10.6 Å². The first-order chi connectivity index (χ1) is 10.6. The van der Waals surface area contributed by atoms with Gasteiger partial charge >= 0.3 is 0 Å². The first kappa shape index (κ1) is 21.3. The molecule has 3 rings (SSSR count). The third-order valence-corrected chi connectivity index (χ3v) is 5.06. The maximum atomic E-state index is 12.5. The van der Waals surface area contributed by atoms with E-state index in [-0.39, 0.29) is 36.8 Å². The van der Waals surface area contributed by atoms with E-state index < -0.39 is 5.54 Å². The summed E-state index contributed by atoms with van der Waals surface area (Å²) in [6.07, 6.45) is 7.50. The average Bonchev–Trinajstić information content (AvgIpc) is 2.97. The third kappa shape index (κ3) is 4.66. The summed E-state index contributed by atoms with van der Waals surface area (Å²) in [5.74, 6) is 0.798. The van der Waals surface area contributed by atoms with Gasteiger partial charge in [0.15, 0.2) is 0 Å². The summed E-state index contributed by atoms with van der Waals surface area (Å²) < 4.78 is 0. The molecule has 1 atom stereocenters. The van der Waals surface area contributed by atoms with Crippen molar-refractivity contribution in [3.05, 3.63) is 23.4 Å². The number of anilines is 1. The van der Waals surface area contributed by atoms with Crippen LogP contribution in [0.5, 0.6) is 0 Å². The maximum absolute atomic E-state index is 12.5. The molecule has 0 bridgehead atoms. The summed E-state index contributed by atoms with van der Waals surface area (Å²) in [5.41, 5.74) is 5.62. The van der Waals surface area contributed by atoms with Crippen LogP contribution >= 0.6 is 36.4 Å². The zero-order chi connectivity index (χ0) is 15.6. The average molecular weight is 396 g/mol. The van der Waals surface area contributed by atoms with Crippen LogP contribution < -0.4 is 16.0 Å². The van der Waals surface area contributed by atoms with Gasteiger partial charge in [-0.3, -0.25) is 4.79 Å². The number of hydrogen-bond donors (Lipinski definition) is 2. The molecule has 2 aliphatic rings. The number of nitrogens with two attached hydrogens (primary N) is 1. The number of nitrogens with zero attached hydrogens (tertiary/aromatic N) is 2. The van der Waals surface area contributed by atoms with E-state index in [2.05, 4.69) is 15.2 Å².